The third-order valence-electron chi connectivity index (χ3n) is 14.8. The predicted octanol–water partition coefficient (Wildman–Crippen LogP) is 19.2. The Kier molecular flexibility index (Phi) is 8.66. The van der Waals surface area contributed by atoms with E-state index in [1.54, 1.807) is 0 Å². The number of fused-ring (bicyclic) bond motifs is 11. The Morgan fingerprint density at radius 2 is 0.535 bits per heavy atom. The van der Waals surface area contributed by atoms with Gasteiger partial charge in [-0.3, -0.25) is 0 Å². The summed E-state index contributed by atoms with van der Waals surface area (Å²) < 4.78 is 15.1. The topological polar surface area (TPSA) is 31.2 Å². The molecule has 15 aromatic rings. The zero-order valence-corrected chi connectivity index (χ0v) is 38.4. The van der Waals surface area contributed by atoms with Crippen LogP contribution in [0, 0.1) is 0 Å². The first-order chi connectivity index (χ1) is 35.2. The van der Waals surface area contributed by atoms with E-state index in [2.05, 4.69) is 241 Å². The van der Waals surface area contributed by atoms with Crippen LogP contribution in [0.2, 0.25) is 0 Å². The highest BCUT2D eigenvalue weighted by Crippen LogP contribution is 2.45. The van der Waals surface area contributed by atoms with Gasteiger partial charge in [-0.05, 0) is 156 Å². The SMILES string of the molecule is c1ccc(-c2ccc3oc4ccc(-c5ccc6c(c5)c5cc(-c7ccc8oc9ccccc9c8c7)ccc5n6-c5ccc(-c6c7ccccc7c(-c7ccccc7)c7ccccc67)cc5)cc4c3c2)cc1. The molecule has 15 rings (SSSR count). The molecule has 12 aromatic carbocycles. The van der Waals surface area contributed by atoms with Crippen molar-refractivity contribution in [2.75, 3.05) is 0 Å². The quantitative estimate of drug-likeness (QED) is 0.156. The van der Waals surface area contributed by atoms with Crippen molar-refractivity contribution in [3.8, 4) is 61.3 Å². The number of furan rings is 2. The Labute approximate surface area is 408 Å². The molecule has 0 saturated heterocycles. The molecule has 0 saturated carbocycles. The Bertz CT molecular complexity index is 4550. The van der Waals surface area contributed by atoms with Crippen LogP contribution in [-0.4, -0.2) is 4.57 Å². The largest absolute Gasteiger partial charge is 0.456 e. The smallest absolute Gasteiger partial charge is 0.135 e. The summed E-state index contributed by atoms with van der Waals surface area (Å²) in [6.07, 6.45) is 0. The van der Waals surface area contributed by atoms with Crippen LogP contribution in [0.4, 0.5) is 0 Å². The fourth-order valence-corrected chi connectivity index (χ4v) is 11.5. The third kappa shape index (κ3) is 6.23. The van der Waals surface area contributed by atoms with E-state index in [0.29, 0.717) is 0 Å². The zero-order valence-electron chi connectivity index (χ0n) is 38.4. The van der Waals surface area contributed by atoms with Gasteiger partial charge in [0.1, 0.15) is 22.3 Å². The zero-order chi connectivity index (χ0) is 46.6. The fourth-order valence-electron chi connectivity index (χ4n) is 11.5. The molecule has 3 nitrogen and oxygen atoms in total. The van der Waals surface area contributed by atoms with Gasteiger partial charge in [0.05, 0.1) is 11.0 Å². The molecule has 0 spiro atoms. The lowest BCUT2D eigenvalue weighted by Gasteiger charge is -2.18. The second-order valence-electron chi connectivity index (χ2n) is 18.8. The maximum absolute atomic E-state index is 6.41. The maximum atomic E-state index is 6.41. The monoisotopic (exact) mass is 903 g/mol. The molecule has 0 aliphatic heterocycles. The van der Waals surface area contributed by atoms with Gasteiger partial charge in [-0.15, -0.1) is 0 Å². The number of benzene rings is 12. The molecule has 0 amide bonds. The Hall–Kier alpha value is -9.44. The fraction of sp³-hybridized carbons (Fsp3) is 0. The van der Waals surface area contributed by atoms with Crippen LogP contribution < -0.4 is 0 Å². The van der Waals surface area contributed by atoms with Gasteiger partial charge in [-0.2, -0.15) is 0 Å². The number of para-hydroxylation sites is 1. The van der Waals surface area contributed by atoms with Crippen molar-refractivity contribution >= 4 is 87.2 Å². The van der Waals surface area contributed by atoms with E-state index in [9.17, 15) is 0 Å². The van der Waals surface area contributed by atoms with Gasteiger partial charge in [0.15, 0.2) is 0 Å². The van der Waals surface area contributed by atoms with Gasteiger partial charge in [0.25, 0.3) is 0 Å². The van der Waals surface area contributed by atoms with Crippen molar-refractivity contribution < 1.29 is 8.83 Å². The first-order valence-electron chi connectivity index (χ1n) is 24.3. The lowest BCUT2D eigenvalue weighted by molar-refractivity contribution is 0.668. The first kappa shape index (κ1) is 39.5. The summed E-state index contributed by atoms with van der Waals surface area (Å²) in [5.74, 6) is 0. The highest BCUT2D eigenvalue weighted by molar-refractivity contribution is 6.21. The molecule has 3 aromatic heterocycles. The molecule has 3 heteroatoms. The van der Waals surface area contributed by atoms with E-state index in [0.717, 1.165) is 82.9 Å². The minimum Gasteiger partial charge on any atom is -0.456 e. The van der Waals surface area contributed by atoms with Crippen LogP contribution in [0.5, 0.6) is 0 Å². The molecular formula is C68H41NO2. The first-order valence-corrected chi connectivity index (χ1v) is 24.3. The standard InChI is InChI=1S/C68H41NO2/c1-3-13-42(14-4-1)45-27-34-65-59(39-45)60-41-49(29-36-66(60)71-65)47-26-33-62-57(38-47)56-37-46(48-28-35-64-58(40-48)51-17-11-12-22-63(51)70-64)25-32-61(56)69(62)50-30-23-44(24-31-50)68-54-20-9-7-18-52(54)67(43-15-5-2-6-16-43)53-19-8-10-21-55(53)68/h1-41H. The highest BCUT2D eigenvalue weighted by Gasteiger charge is 2.20. The van der Waals surface area contributed by atoms with Gasteiger partial charge in [-0.1, -0.05) is 170 Å². The average Bonchev–Trinajstić information content (AvgIpc) is 4.11. The van der Waals surface area contributed by atoms with Crippen LogP contribution in [0.3, 0.4) is 0 Å². The minimum absolute atomic E-state index is 0.884. The van der Waals surface area contributed by atoms with E-state index in [4.69, 9.17) is 8.83 Å². The molecule has 0 aliphatic carbocycles. The number of nitrogens with zero attached hydrogens (tertiary/aromatic N) is 1. The van der Waals surface area contributed by atoms with Crippen LogP contribution in [0.1, 0.15) is 0 Å². The van der Waals surface area contributed by atoms with Crippen LogP contribution in [0.25, 0.3) is 149 Å². The highest BCUT2D eigenvalue weighted by atomic mass is 16.3. The summed E-state index contributed by atoms with van der Waals surface area (Å²) in [5.41, 5.74) is 18.9. The number of hydrogen-bond acceptors (Lipinski definition) is 2. The molecule has 0 bridgehead atoms. The van der Waals surface area contributed by atoms with Crippen molar-refractivity contribution in [1.29, 1.82) is 0 Å². The second-order valence-corrected chi connectivity index (χ2v) is 18.8. The summed E-state index contributed by atoms with van der Waals surface area (Å²) in [6.45, 7) is 0. The van der Waals surface area contributed by atoms with Crippen LogP contribution in [-0.2, 0) is 0 Å². The normalized spacial score (nSPS) is 11.9. The van der Waals surface area contributed by atoms with E-state index >= 15 is 0 Å². The summed E-state index contributed by atoms with van der Waals surface area (Å²) in [7, 11) is 0. The number of rotatable bonds is 6. The number of hydrogen-bond donors (Lipinski definition) is 0. The molecule has 330 valence electrons. The number of aromatic nitrogens is 1. The van der Waals surface area contributed by atoms with E-state index in [1.807, 2.05) is 12.1 Å². The Balaban J connectivity index is 0.904. The van der Waals surface area contributed by atoms with Gasteiger partial charge in [0.2, 0.25) is 0 Å². The Morgan fingerprint density at radius 1 is 0.211 bits per heavy atom. The molecule has 0 aliphatic rings. The molecule has 0 N–H and O–H groups in total. The lowest BCUT2D eigenvalue weighted by Crippen LogP contribution is -1.95. The molecule has 0 atom stereocenters. The van der Waals surface area contributed by atoms with Crippen molar-refractivity contribution in [3.63, 3.8) is 0 Å². The molecule has 0 fully saturated rings. The summed E-state index contributed by atoms with van der Waals surface area (Å²) in [5, 5.41) is 11.8. The van der Waals surface area contributed by atoms with E-state index in [1.165, 1.54) is 65.7 Å². The molecule has 71 heavy (non-hydrogen) atoms. The van der Waals surface area contributed by atoms with Crippen LogP contribution in [0.15, 0.2) is 258 Å². The minimum atomic E-state index is 0.884. The van der Waals surface area contributed by atoms with Crippen molar-refractivity contribution in [1.82, 2.24) is 4.57 Å². The van der Waals surface area contributed by atoms with Gasteiger partial charge < -0.3 is 13.4 Å². The third-order valence-corrected chi connectivity index (χ3v) is 14.8. The van der Waals surface area contributed by atoms with E-state index < -0.39 is 0 Å². The summed E-state index contributed by atoms with van der Waals surface area (Å²) in [4.78, 5) is 0. The van der Waals surface area contributed by atoms with Crippen molar-refractivity contribution in [2.24, 2.45) is 0 Å². The molecule has 3 heterocycles. The predicted molar refractivity (Wildman–Crippen MR) is 298 cm³/mol. The Morgan fingerprint density at radius 3 is 1.01 bits per heavy atom. The maximum Gasteiger partial charge on any atom is 0.135 e. The van der Waals surface area contributed by atoms with E-state index in [-0.39, 0.29) is 0 Å². The van der Waals surface area contributed by atoms with Gasteiger partial charge >= 0.3 is 0 Å². The van der Waals surface area contributed by atoms with Crippen molar-refractivity contribution in [3.05, 3.63) is 249 Å². The summed E-state index contributed by atoms with van der Waals surface area (Å²) in [6, 6.07) is 90.2. The van der Waals surface area contributed by atoms with Crippen LogP contribution >= 0.6 is 0 Å². The molecular weight excluding hydrogens is 863 g/mol. The molecule has 0 radical (unpaired) electrons. The van der Waals surface area contributed by atoms with Crippen molar-refractivity contribution in [2.45, 2.75) is 0 Å². The lowest BCUT2D eigenvalue weighted by atomic mass is 9.86. The van der Waals surface area contributed by atoms with Gasteiger partial charge in [-0.25, -0.2) is 0 Å². The second kappa shape index (κ2) is 15.5. The van der Waals surface area contributed by atoms with Gasteiger partial charge in [0, 0.05) is 38.0 Å². The summed E-state index contributed by atoms with van der Waals surface area (Å²) >= 11 is 0. The molecule has 0 unspecified atom stereocenters. The average molecular weight is 904 g/mol.